The number of likely N-dealkylation sites (N-methyl/N-ethyl adjacent to an activating group) is 1. The summed E-state index contributed by atoms with van der Waals surface area (Å²) in [6.07, 6.45) is 5.94. The third-order valence-electron chi connectivity index (χ3n) is 6.44. The highest BCUT2D eigenvalue weighted by atomic mass is 16.5. The lowest BCUT2D eigenvalue weighted by Crippen LogP contribution is -2.34. The van der Waals surface area contributed by atoms with Gasteiger partial charge < -0.3 is 9.84 Å². The molecule has 34 heavy (non-hydrogen) atoms. The molecule has 4 aromatic rings. The van der Waals surface area contributed by atoms with E-state index in [4.69, 9.17) is 9.84 Å². The Labute approximate surface area is 198 Å². The number of aliphatic hydroxyl groups is 1. The van der Waals surface area contributed by atoms with Crippen LogP contribution in [0.4, 0.5) is 0 Å². The van der Waals surface area contributed by atoms with Crippen LogP contribution in [0.5, 0.6) is 5.88 Å². The summed E-state index contributed by atoms with van der Waals surface area (Å²) in [6, 6.07) is 6.25. The van der Waals surface area contributed by atoms with Crippen molar-refractivity contribution in [2.45, 2.75) is 40.0 Å². The second-order valence-corrected chi connectivity index (χ2v) is 8.84. The largest absolute Gasteiger partial charge is 0.473 e. The van der Waals surface area contributed by atoms with E-state index in [2.05, 4.69) is 52.3 Å². The van der Waals surface area contributed by atoms with Crippen molar-refractivity contribution in [3.8, 4) is 17.0 Å². The number of hydrogen-bond acceptors (Lipinski definition) is 6. The average Bonchev–Trinajstić information content (AvgIpc) is 3.47. The number of hydrogen-bond donors (Lipinski definition) is 2. The van der Waals surface area contributed by atoms with Gasteiger partial charge in [-0.05, 0) is 50.2 Å². The minimum atomic E-state index is -0.0539. The van der Waals surface area contributed by atoms with Gasteiger partial charge in [0, 0.05) is 31.1 Å². The molecule has 9 heteroatoms. The fraction of sp³-hybridized carbons (Fsp3) is 0.400. The average molecular weight is 462 g/mol. The molecule has 1 aliphatic heterocycles. The van der Waals surface area contributed by atoms with Gasteiger partial charge in [0.05, 0.1) is 47.5 Å². The van der Waals surface area contributed by atoms with Crippen LogP contribution < -0.4 is 4.74 Å². The molecular formula is C25H31N7O2. The number of nitrogens with one attached hydrogen (secondary N) is 1. The van der Waals surface area contributed by atoms with Gasteiger partial charge >= 0.3 is 0 Å². The second kappa shape index (κ2) is 9.08. The van der Waals surface area contributed by atoms with Crippen LogP contribution in [-0.4, -0.2) is 65.6 Å². The lowest BCUT2D eigenvalue weighted by Gasteiger charge is -2.26. The lowest BCUT2D eigenvalue weighted by molar-refractivity contribution is 0.133. The van der Waals surface area contributed by atoms with Gasteiger partial charge in [-0.25, -0.2) is 4.68 Å². The third kappa shape index (κ3) is 4.01. The Morgan fingerprint density at radius 3 is 2.91 bits per heavy atom. The summed E-state index contributed by atoms with van der Waals surface area (Å²) >= 11 is 0. The monoisotopic (exact) mass is 461 g/mol. The van der Waals surface area contributed by atoms with E-state index >= 15 is 0 Å². The Morgan fingerprint density at radius 1 is 1.26 bits per heavy atom. The van der Waals surface area contributed by atoms with Crippen molar-refractivity contribution in [1.29, 1.82) is 0 Å². The van der Waals surface area contributed by atoms with Crippen LogP contribution in [0.1, 0.15) is 36.5 Å². The zero-order valence-corrected chi connectivity index (χ0v) is 20.1. The van der Waals surface area contributed by atoms with Crippen molar-refractivity contribution in [2.75, 3.05) is 19.7 Å². The van der Waals surface area contributed by atoms with Crippen molar-refractivity contribution in [3.63, 3.8) is 0 Å². The predicted molar refractivity (Wildman–Crippen MR) is 132 cm³/mol. The first-order valence-electron chi connectivity index (χ1n) is 11.7. The number of aromatic nitrogens is 6. The van der Waals surface area contributed by atoms with Crippen LogP contribution in [0.25, 0.3) is 34.2 Å². The topological polar surface area (TPSA) is 97.0 Å². The van der Waals surface area contributed by atoms with Crippen LogP contribution >= 0.6 is 0 Å². The number of aliphatic hydroxyl groups excluding tert-OH is 1. The van der Waals surface area contributed by atoms with E-state index in [9.17, 15) is 5.11 Å². The number of rotatable bonds is 3. The normalized spacial score (nSPS) is 17.7. The number of ether oxygens (including phenoxy) is 1. The quantitative estimate of drug-likeness (QED) is 0.486. The van der Waals surface area contributed by atoms with Crippen LogP contribution in [0.3, 0.4) is 0 Å². The summed E-state index contributed by atoms with van der Waals surface area (Å²) in [5.41, 5.74) is 6.90. The molecule has 1 atom stereocenters. The highest BCUT2D eigenvalue weighted by Gasteiger charge is 2.21. The summed E-state index contributed by atoms with van der Waals surface area (Å²) in [7, 11) is 1.91. The Balaban J connectivity index is 1.69. The van der Waals surface area contributed by atoms with Crippen molar-refractivity contribution in [2.24, 2.45) is 7.05 Å². The second-order valence-electron chi connectivity index (χ2n) is 8.84. The summed E-state index contributed by atoms with van der Waals surface area (Å²) in [6.45, 7) is 9.06. The summed E-state index contributed by atoms with van der Waals surface area (Å²) in [5.74, 6) is 0.750. The zero-order valence-electron chi connectivity index (χ0n) is 20.1. The maximum atomic E-state index is 9.62. The van der Waals surface area contributed by atoms with E-state index < -0.39 is 0 Å². The molecule has 3 aromatic heterocycles. The van der Waals surface area contributed by atoms with Gasteiger partial charge in [-0.2, -0.15) is 15.3 Å². The molecule has 4 heterocycles. The summed E-state index contributed by atoms with van der Waals surface area (Å²) < 4.78 is 10.2. The lowest BCUT2D eigenvalue weighted by atomic mass is 10.0. The van der Waals surface area contributed by atoms with Crippen molar-refractivity contribution < 1.29 is 9.84 Å². The van der Waals surface area contributed by atoms with E-state index in [1.54, 1.807) is 4.68 Å². The molecule has 0 saturated carbocycles. The van der Waals surface area contributed by atoms with Crippen LogP contribution in [-0.2, 0) is 20.1 Å². The van der Waals surface area contributed by atoms with Gasteiger partial charge in [0.1, 0.15) is 6.10 Å². The first kappa shape index (κ1) is 22.4. The van der Waals surface area contributed by atoms with Crippen molar-refractivity contribution in [1.82, 2.24) is 34.7 Å². The highest BCUT2D eigenvalue weighted by molar-refractivity contribution is 5.93. The maximum Gasteiger partial charge on any atom is 0.219 e. The molecular weight excluding hydrogens is 430 g/mol. The van der Waals surface area contributed by atoms with Gasteiger partial charge in [-0.15, -0.1) is 0 Å². The maximum absolute atomic E-state index is 9.62. The van der Waals surface area contributed by atoms with Gasteiger partial charge in [0.2, 0.25) is 5.88 Å². The molecule has 0 unspecified atom stereocenters. The number of benzene rings is 1. The van der Waals surface area contributed by atoms with Gasteiger partial charge in [0.15, 0.2) is 0 Å². The molecule has 1 aliphatic rings. The van der Waals surface area contributed by atoms with Gasteiger partial charge in [-0.1, -0.05) is 13.0 Å². The van der Waals surface area contributed by atoms with E-state index in [0.29, 0.717) is 13.1 Å². The number of fused-ring (bicyclic) bond motifs is 4. The van der Waals surface area contributed by atoms with E-state index in [0.717, 1.165) is 63.6 Å². The van der Waals surface area contributed by atoms with Crippen LogP contribution in [0.15, 0.2) is 24.4 Å². The molecule has 0 saturated heterocycles. The van der Waals surface area contributed by atoms with Gasteiger partial charge in [0.25, 0.3) is 0 Å². The Morgan fingerprint density at radius 2 is 2.12 bits per heavy atom. The summed E-state index contributed by atoms with van der Waals surface area (Å²) in [4.78, 5) is 2.34. The van der Waals surface area contributed by atoms with Crippen LogP contribution in [0, 0.1) is 6.92 Å². The van der Waals surface area contributed by atoms with E-state index in [1.165, 1.54) is 0 Å². The molecule has 0 spiro atoms. The first-order valence-corrected chi connectivity index (χ1v) is 11.7. The molecule has 0 radical (unpaired) electrons. The molecule has 9 nitrogen and oxygen atoms in total. The number of nitrogens with zero attached hydrogens (tertiary/aromatic N) is 6. The SMILES string of the molecule is CCN1Cc2c(c(C)nn2CCO)/C=C/c2n[nH]c3ccc(cc23)-c2cnn(C)c2O[C@@H](C)C1. The molecule has 2 N–H and O–H groups in total. The third-order valence-corrected chi connectivity index (χ3v) is 6.44. The standard InChI is InChI=1S/C25H31N7O2/c1-5-31-14-16(2)34-25-21(13-26-30(25)4)18-6-8-22-20(12-18)23(28-27-22)9-7-19-17(3)29-32(10-11-33)24(19)15-31/h6-9,12-13,16,33H,5,10-11,14-15H2,1-4H3,(H,27,28)/b9-7+/t16-/m0/s1. The highest BCUT2D eigenvalue weighted by Crippen LogP contribution is 2.33. The molecule has 5 rings (SSSR count). The Kier molecular flexibility index (Phi) is 5.97. The van der Waals surface area contributed by atoms with Crippen LogP contribution in [0.2, 0.25) is 0 Å². The number of aromatic amines is 1. The molecule has 2 bridgehead atoms. The van der Waals surface area contributed by atoms with Gasteiger partial charge in [-0.3, -0.25) is 14.7 Å². The van der Waals surface area contributed by atoms with E-state index in [1.807, 2.05) is 37.0 Å². The minimum Gasteiger partial charge on any atom is -0.473 e. The number of aryl methyl sites for hydroxylation is 2. The predicted octanol–water partition coefficient (Wildman–Crippen LogP) is 3.23. The smallest absolute Gasteiger partial charge is 0.219 e. The molecule has 0 amide bonds. The molecule has 0 aliphatic carbocycles. The minimum absolute atomic E-state index is 0.0406. The van der Waals surface area contributed by atoms with Crippen molar-refractivity contribution in [3.05, 3.63) is 47.0 Å². The molecule has 0 fully saturated rings. The molecule has 178 valence electrons. The Bertz CT molecular complexity index is 1350. The zero-order chi connectivity index (χ0) is 23.8. The first-order chi connectivity index (χ1) is 16.5. The Hall–Kier alpha value is -3.43. The fourth-order valence-corrected chi connectivity index (χ4v) is 4.67. The summed E-state index contributed by atoms with van der Waals surface area (Å²) in [5, 5.41) is 27.5. The number of H-pyrrole nitrogens is 1. The van der Waals surface area contributed by atoms with Crippen molar-refractivity contribution >= 4 is 23.1 Å². The fourth-order valence-electron chi connectivity index (χ4n) is 4.67. The molecule has 1 aromatic carbocycles. The van der Waals surface area contributed by atoms with E-state index in [-0.39, 0.29) is 12.7 Å².